The van der Waals surface area contributed by atoms with Crippen molar-refractivity contribution < 1.29 is 4.84 Å². The second-order valence-electron chi connectivity index (χ2n) is 6.29. The SMILES string of the molecule is CC1CCC(C(C)(C)c2ccccc2)C(ON)C1. The Morgan fingerprint density at radius 1 is 1.17 bits per heavy atom. The lowest BCUT2D eigenvalue weighted by molar-refractivity contribution is -0.0477. The molecule has 1 saturated carbocycles. The molecular weight excluding hydrogens is 222 g/mol. The first-order chi connectivity index (χ1) is 8.55. The summed E-state index contributed by atoms with van der Waals surface area (Å²) in [5.74, 6) is 6.76. The van der Waals surface area contributed by atoms with Crippen molar-refractivity contribution in [3.63, 3.8) is 0 Å². The molecule has 3 unspecified atom stereocenters. The van der Waals surface area contributed by atoms with Crippen LogP contribution in [0.2, 0.25) is 0 Å². The zero-order chi connectivity index (χ0) is 13.2. The molecule has 0 heterocycles. The van der Waals surface area contributed by atoms with Gasteiger partial charge in [-0.25, -0.2) is 5.90 Å². The second kappa shape index (κ2) is 5.41. The van der Waals surface area contributed by atoms with Gasteiger partial charge in [0.05, 0.1) is 6.10 Å². The number of benzene rings is 1. The number of hydrogen-bond acceptors (Lipinski definition) is 2. The van der Waals surface area contributed by atoms with E-state index in [1.807, 2.05) is 0 Å². The molecule has 0 aliphatic heterocycles. The van der Waals surface area contributed by atoms with Gasteiger partial charge in [-0.1, -0.05) is 57.5 Å². The Kier molecular flexibility index (Phi) is 4.08. The normalized spacial score (nSPS) is 29.2. The molecule has 18 heavy (non-hydrogen) atoms. The molecule has 2 heteroatoms. The lowest BCUT2D eigenvalue weighted by atomic mass is 9.64. The first-order valence-electron chi connectivity index (χ1n) is 6.96. The van der Waals surface area contributed by atoms with Crippen LogP contribution in [0, 0.1) is 11.8 Å². The summed E-state index contributed by atoms with van der Waals surface area (Å²) in [6.45, 7) is 6.92. The molecule has 0 aromatic heterocycles. The molecule has 0 spiro atoms. The quantitative estimate of drug-likeness (QED) is 0.827. The fraction of sp³-hybridized carbons (Fsp3) is 0.625. The Labute approximate surface area is 110 Å². The van der Waals surface area contributed by atoms with E-state index in [0.717, 1.165) is 12.3 Å². The predicted molar refractivity (Wildman–Crippen MR) is 75.0 cm³/mol. The Balaban J connectivity index is 2.23. The molecule has 0 radical (unpaired) electrons. The van der Waals surface area contributed by atoms with Crippen molar-refractivity contribution in [3.8, 4) is 0 Å². The van der Waals surface area contributed by atoms with Gasteiger partial charge < -0.3 is 4.84 Å². The molecule has 1 fully saturated rings. The molecule has 2 N–H and O–H groups in total. The fourth-order valence-electron chi connectivity index (χ4n) is 3.39. The molecule has 2 nitrogen and oxygen atoms in total. The lowest BCUT2D eigenvalue weighted by Gasteiger charge is -2.43. The van der Waals surface area contributed by atoms with E-state index in [4.69, 9.17) is 10.7 Å². The predicted octanol–water partition coefficient (Wildman–Crippen LogP) is 3.66. The molecule has 0 bridgehead atoms. The Morgan fingerprint density at radius 2 is 1.83 bits per heavy atom. The molecule has 1 aliphatic carbocycles. The topological polar surface area (TPSA) is 35.2 Å². The lowest BCUT2D eigenvalue weighted by Crippen LogP contribution is -2.43. The van der Waals surface area contributed by atoms with Gasteiger partial charge in [-0.3, -0.25) is 0 Å². The van der Waals surface area contributed by atoms with E-state index >= 15 is 0 Å². The molecule has 1 aliphatic rings. The Morgan fingerprint density at radius 3 is 2.44 bits per heavy atom. The van der Waals surface area contributed by atoms with Crippen LogP contribution < -0.4 is 5.90 Å². The van der Waals surface area contributed by atoms with Gasteiger partial charge in [-0.15, -0.1) is 0 Å². The van der Waals surface area contributed by atoms with E-state index in [1.54, 1.807) is 0 Å². The summed E-state index contributed by atoms with van der Waals surface area (Å²) < 4.78 is 0. The standard InChI is InChI=1S/C16H25NO/c1-12-9-10-14(15(11-12)18-17)16(2,3)13-7-5-4-6-8-13/h4-8,12,14-15H,9-11,17H2,1-3H3. The van der Waals surface area contributed by atoms with Crippen molar-refractivity contribution >= 4 is 0 Å². The molecule has 3 atom stereocenters. The van der Waals surface area contributed by atoms with Crippen LogP contribution in [0.5, 0.6) is 0 Å². The molecule has 2 rings (SSSR count). The third-order valence-electron chi connectivity index (χ3n) is 4.67. The Bertz CT molecular complexity index is 374. The number of nitrogens with two attached hydrogens (primary N) is 1. The van der Waals surface area contributed by atoms with Crippen LogP contribution in [-0.2, 0) is 10.3 Å². The first-order valence-corrected chi connectivity index (χ1v) is 6.96. The summed E-state index contributed by atoms with van der Waals surface area (Å²) in [5, 5.41) is 0. The van der Waals surface area contributed by atoms with Crippen LogP contribution in [0.4, 0.5) is 0 Å². The van der Waals surface area contributed by atoms with E-state index in [1.165, 1.54) is 18.4 Å². The van der Waals surface area contributed by atoms with Gasteiger partial charge in [0.25, 0.3) is 0 Å². The molecule has 1 aromatic rings. The fourth-order valence-corrected chi connectivity index (χ4v) is 3.39. The summed E-state index contributed by atoms with van der Waals surface area (Å²) in [5.41, 5.74) is 1.50. The van der Waals surface area contributed by atoms with Crippen LogP contribution >= 0.6 is 0 Å². The van der Waals surface area contributed by atoms with Crippen molar-refractivity contribution in [2.24, 2.45) is 17.7 Å². The number of rotatable bonds is 3. The van der Waals surface area contributed by atoms with Crippen molar-refractivity contribution in [1.29, 1.82) is 0 Å². The van der Waals surface area contributed by atoms with Gasteiger partial charge in [0.2, 0.25) is 0 Å². The average Bonchev–Trinajstić information content (AvgIpc) is 2.39. The summed E-state index contributed by atoms with van der Waals surface area (Å²) in [6.07, 6.45) is 3.74. The third kappa shape index (κ3) is 2.60. The van der Waals surface area contributed by atoms with E-state index in [-0.39, 0.29) is 11.5 Å². The molecule has 0 saturated heterocycles. The summed E-state index contributed by atoms with van der Waals surface area (Å²) >= 11 is 0. The zero-order valence-corrected chi connectivity index (χ0v) is 11.7. The van der Waals surface area contributed by atoms with Gasteiger partial charge in [0.1, 0.15) is 0 Å². The van der Waals surface area contributed by atoms with E-state index < -0.39 is 0 Å². The van der Waals surface area contributed by atoms with Crippen molar-refractivity contribution in [1.82, 2.24) is 0 Å². The minimum atomic E-state index is 0.117. The maximum atomic E-state index is 5.53. The maximum absolute atomic E-state index is 5.53. The van der Waals surface area contributed by atoms with Gasteiger partial charge in [-0.2, -0.15) is 0 Å². The molecular formula is C16H25NO. The third-order valence-corrected chi connectivity index (χ3v) is 4.67. The van der Waals surface area contributed by atoms with Gasteiger partial charge in [0, 0.05) is 0 Å². The van der Waals surface area contributed by atoms with Crippen LogP contribution in [0.15, 0.2) is 30.3 Å². The molecule has 100 valence electrons. The van der Waals surface area contributed by atoms with Gasteiger partial charge in [-0.05, 0) is 35.7 Å². The van der Waals surface area contributed by atoms with Crippen LogP contribution in [0.1, 0.15) is 45.6 Å². The highest BCUT2D eigenvalue weighted by molar-refractivity contribution is 5.25. The second-order valence-corrected chi connectivity index (χ2v) is 6.29. The van der Waals surface area contributed by atoms with E-state index in [0.29, 0.717) is 5.92 Å². The highest BCUT2D eigenvalue weighted by Gasteiger charge is 2.40. The number of hydrogen-bond donors (Lipinski definition) is 1. The van der Waals surface area contributed by atoms with Crippen LogP contribution in [0.3, 0.4) is 0 Å². The smallest absolute Gasteiger partial charge is 0.0826 e. The summed E-state index contributed by atoms with van der Waals surface area (Å²) in [4.78, 5) is 5.28. The van der Waals surface area contributed by atoms with Gasteiger partial charge >= 0.3 is 0 Å². The zero-order valence-electron chi connectivity index (χ0n) is 11.7. The first kappa shape index (κ1) is 13.6. The van der Waals surface area contributed by atoms with Crippen molar-refractivity contribution in [3.05, 3.63) is 35.9 Å². The molecule has 0 amide bonds. The van der Waals surface area contributed by atoms with E-state index in [9.17, 15) is 0 Å². The summed E-state index contributed by atoms with van der Waals surface area (Å²) in [6, 6.07) is 10.7. The van der Waals surface area contributed by atoms with Crippen molar-refractivity contribution in [2.45, 2.75) is 51.6 Å². The minimum absolute atomic E-state index is 0.117. The van der Waals surface area contributed by atoms with E-state index in [2.05, 4.69) is 51.1 Å². The summed E-state index contributed by atoms with van der Waals surface area (Å²) in [7, 11) is 0. The Hall–Kier alpha value is -0.860. The average molecular weight is 247 g/mol. The van der Waals surface area contributed by atoms with Crippen LogP contribution in [0.25, 0.3) is 0 Å². The van der Waals surface area contributed by atoms with Crippen molar-refractivity contribution in [2.75, 3.05) is 0 Å². The highest BCUT2D eigenvalue weighted by Crippen LogP contribution is 2.43. The maximum Gasteiger partial charge on any atom is 0.0826 e. The minimum Gasteiger partial charge on any atom is -0.301 e. The molecule has 1 aromatic carbocycles. The highest BCUT2D eigenvalue weighted by atomic mass is 16.6. The monoisotopic (exact) mass is 247 g/mol. The largest absolute Gasteiger partial charge is 0.301 e. The van der Waals surface area contributed by atoms with Gasteiger partial charge in [0.15, 0.2) is 0 Å². The van der Waals surface area contributed by atoms with Crippen LogP contribution in [-0.4, -0.2) is 6.10 Å².